The van der Waals surface area contributed by atoms with Crippen molar-refractivity contribution in [3.8, 4) is 0 Å². The van der Waals surface area contributed by atoms with Crippen molar-refractivity contribution in [2.24, 2.45) is 0 Å². The smallest absolute Gasteiger partial charge is 0.320 e. The molecular formula is C10H8Br2ClN3O. The Hall–Kier alpha value is -0.590. The van der Waals surface area contributed by atoms with Crippen LogP contribution < -0.4 is 5.32 Å². The molecule has 0 saturated heterocycles. The molecular weight excluding hydrogens is 373 g/mol. The number of hydrogen-bond acceptors (Lipinski definition) is 4. The molecule has 7 heteroatoms. The van der Waals surface area contributed by atoms with Gasteiger partial charge in [0.2, 0.25) is 5.89 Å². The SMILES string of the molecule is CC(Cl)c1nnc(Nc2cc(Br)ccc2Br)o1. The summed E-state index contributed by atoms with van der Waals surface area (Å²) < 4.78 is 7.20. The molecule has 0 radical (unpaired) electrons. The molecule has 2 aromatic rings. The van der Waals surface area contributed by atoms with Gasteiger partial charge in [-0.05, 0) is 41.1 Å². The Morgan fingerprint density at radius 1 is 1.35 bits per heavy atom. The second kappa shape index (κ2) is 5.37. The second-order valence-corrected chi connectivity index (χ2v) is 5.74. The molecule has 0 aliphatic heterocycles. The van der Waals surface area contributed by atoms with Crippen LogP contribution in [-0.2, 0) is 0 Å². The molecule has 0 aliphatic rings. The first-order chi connectivity index (χ1) is 8.06. The normalized spacial score (nSPS) is 12.5. The first-order valence-corrected chi connectivity index (χ1v) is 6.78. The Balaban J connectivity index is 2.22. The number of aromatic nitrogens is 2. The summed E-state index contributed by atoms with van der Waals surface area (Å²) in [6.45, 7) is 1.77. The van der Waals surface area contributed by atoms with Gasteiger partial charge in [-0.2, -0.15) is 0 Å². The van der Waals surface area contributed by atoms with Crippen molar-refractivity contribution in [2.75, 3.05) is 5.32 Å². The van der Waals surface area contributed by atoms with Crippen LogP contribution in [0.3, 0.4) is 0 Å². The summed E-state index contributed by atoms with van der Waals surface area (Å²) >= 11 is 12.6. The highest BCUT2D eigenvalue weighted by molar-refractivity contribution is 9.11. The molecule has 0 fully saturated rings. The molecule has 1 N–H and O–H groups in total. The summed E-state index contributed by atoms with van der Waals surface area (Å²) in [6.07, 6.45) is 0. The van der Waals surface area contributed by atoms with E-state index in [1.807, 2.05) is 18.2 Å². The van der Waals surface area contributed by atoms with Gasteiger partial charge in [0.05, 0.1) is 5.69 Å². The van der Waals surface area contributed by atoms with E-state index < -0.39 is 0 Å². The average molecular weight is 381 g/mol. The van der Waals surface area contributed by atoms with E-state index in [1.165, 1.54) is 0 Å². The average Bonchev–Trinajstić information content (AvgIpc) is 2.72. The van der Waals surface area contributed by atoms with Gasteiger partial charge in [-0.15, -0.1) is 16.7 Å². The van der Waals surface area contributed by atoms with Crippen LogP contribution in [0.2, 0.25) is 0 Å². The molecule has 1 unspecified atom stereocenters. The standard InChI is InChI=1S/C10H8Br2ClN3O/c1-5(13)9-15-16-10(17-9)14-8-4-6(11)2-3-7(8)12/h2-5H,1H3,(H,14,16). The maximum atomic E-state index is 5.84. The van der Waals surface area contributed by atoms with Crippen molar-refractivity contribution in [1.29, 1.82) is 0 Å². The van der Waals surface area contributed by atoms with Crippen molar-refractivity contribution in [3.63, 3.8) is 0 Å². The zero-order valence-corrected chi connectivity index (χ0v) is 12.7. The van der Waals surface area contributed by atoms with Gasteiger partial charge in [-0.1, -0.05) is 21.0 Å². The molecule has 1 aromatic carbocycles. The summed E-state index contributed by atoms with van der Waals surface area (Å²) in [7, 11) is 0. The molecule has 4 nitrogen and oxygen atoms in total. The fourth-order valence-electron chi connectivity index (χ4n) is 1.15. The minimum absolute atomic E-state index is 0.302. The largest absolute Gasteiger partial charge is 0.406 e. The molecule has 0 saturated carbocycles. The van der Waals surface area contributed by atoms with E-state index in [4.69, 9.17) is 16.0 Å². The van der Waals surface area contributed by atoms with Crippen molar-refractivity contribution in [2.45, 2.75) is 12.3 Å². The van der Waals surface area contributed by atoms with Gasteiger partial charge in [0.15, 0.2) is 0 Å². The van der Waals surface area contributed by atoms with Crippen molar-refractivity contribution in [3.05, 3.63) is 33.0 Å². The monoisotopic (exact) mass is 379 g/mol. The third-order valence-electron chi connectivity index (χ3n) is 1.95. The van der Waals surface area contributed by atoms with E-state index in [0.29, 0.717) is 11.9 Å². The molecule has 1 aromatic heterocycles. The number of alkyl halides is 1. The number of rotatable bonds is 3. The Bertz CT molecular complexity index is 530. The van der Waals surface area contributed by atoms with Crippen LogP contribution >= 0.6 is 43.5 Å². The zero-order chi connectivity index (χ0) is 12.4. The fraction of sp³-hybridized carbons (Fsp3) is 0.200. The Morgan fingerprint density at radius 3 is 2.76 bits per heavy atom. The number of hydrogen-bond donors (Lipinski definition) is 1. The molecule has 0 aliphatic carbocycles. The first kappa shape index (κ1) is 12.9. The number of halogens is 3. The third-order valence-corrected chi connectivity index (χ3v) is 3.32. The van der Waals surface area contributed by atoms with Gasteiger partial charge in [-0.25, -0.2) is 0 Å². The van der Waals surface area contributed by atoms with Gasteiger partial charge in [0.1, 0.15) is 5.38 Å². The molecule has 90 valence electrons. The van der Waals surface area contributed by atoms with Gasteiger partial charge >= 0.3 is 6.01 Å². The highest BCUT2D eigenvalue weighted by atomic mass is 79.9. The Morgan fingerprint density at radius 2 is 2.12 bits per heavy atom. The Labute approximate surface area is 120 Å². The van der Waals surface area contributed by atoms with Crippen LogP contribution in [0.5, 0.6) is 0 Å². The van der Waals surface area contributed by atoms with Gasteiger partial charge < -0.3 is 9.73 Å². The summed E-state index contributed by atoms with van der Waals surface area (Å²) in [5, 5.41) is 10.4. The summed E-state index contributed by atoms with van der Waals surface area (Å²) in [5.74, 6) is 0.389. The third kappa shape index (κ3) is 3.20. The lowest BCUT2D eigenvalue weighted by molar-refractivity contribution is 0.510. The summed E-state index contributed by atoms with van der Waals surface area (Å²) in [5.41, 5.74) is 0.830. The van der Waals surface area contributed by atoms with Gasteiger partial charge in [-0.3, -0.25) is 0 Å². The molecule has 2 rings (SSSR count). The highest BCUT2D eigenvalue weighted by Gasteiger charge is 2.12. The van der Waals surface area contributed by atoms with Crippen LogP contribution in [0.1, 0.15) is 18.2 Å². The van der Waals surface area contributed by atoms with E-state index in [2.05, 4.69) is 47.4 Å². The lowest BCUT2D eigenvalue weighted by Crippen LogP contribution is -1.91. The van der Waals surface area contributed by atoms with Crippen LogP contribution in [-0.4, -0.2) is 10.2 Å². The van der Waals surface area contributed by atoms with Crippen molar-refractivity contribution >= 4 is 55.2 Å². The molecule has 17 heavy (non-hydrogen) atoms. The lowest BCUT2D eigenvalue weighted by atomic mass is 10.3. The van der Waals surface area contributed by atoms with Gasteiger partial charge in [0.25, 0.3) is 0 Å². The van der Waals surface area contributed by atoms with Gasteiger partial charge in [0, 0.05) is 8.95 Å². The van der Waals surface area contributed by atoms with Crippen LogP contribution in [0.4, 0.5) is 11.7 Å². The van der Waals surface area contributed by atoms with Crippen LogP contribution in [0.25, 0.3) is 0 Å². The van der Waals surface area contributed by atoms with Crippen LogP contribution in [0.15, 0.2) is 31.6 Å². The molecule has 0 amide bonds. The van der Waals surface area contributed by atoms with E-state index in [0.717, 1.165) is 14.6 Å². The van der Waals surface area contributed by atoms with Crippen molar-refractivity contribution < 1.29 is 4.42 Å². The molecule has 0 spiro atoms. The topological polar surface area (TPSA) is 51.0 Å². The fourth-order valence-corrected chi connectivity index (χ4v) is 1.95. The number of benzene rings is 1. The summed E-state index contributed by atoms with van der Waals surface area (Å²) in [4.78, 5) is 0. The summed E-state index contributed by atoms with van der Waals surface area (Å²) in [6, 6.07) is 6.05. The molecule has 1 atom stereocenters. The number of nitrogens with one attached hydrogen (secondary N) is 1. The van der Waals surface area contributed by atoms with Crippen molar-refractivity contribution in [1.82, 2.24) is 10.2 Å². The maximum Gasteiger partial charge on any atom is 0.320 e. The lowest BCUT2D eigenvalue weighted by Gasteiger charge is -2.04. The molecule has 1 heterocycles. The van der Waals surface area contributed by atoms with Crippen LogP contribution in [0, 0.1) is 0 Å². The maximum absolute atomic E-state index is 5.84. The van der Waals surface area contributed by atoms with E-state index in [-0.39, 0.29) is 5.38 Å². The quantitative estimate of drug-likeness (QED) is 0.787. The minimum Gasteiger partial charge on any atom is -0.406 e. The minimum atomic E-state index is -0.302. The Kier molecular flexibility index (Phi) is 4.06. The second-order valence-electron chi connectivity index (χ2n) is 3.31. The number of anilines is 2. The van der Waals surface area contributed by atoms with E-state index in [1.54, 1.807) is 6.92 Å². The molecule has 0 bridgehead atoms. The number of nitrogens with zero attached hydrogens (tertiary/aromatic N) is 2. The zero-order valence-electron chi connectivity index (χ0n) is 8.75. The predicted molar refractivity (Wildman–Crippen MR) is 73.7 cm³/mol. The first-order valence-electron chi connectivity index (χ1n) is 4.76. The highest BCUT2D eigenvalue weighted by Crippen LogP contribution is 2.29. The van der Waals surface area contributed by atoms with E-state index >= 15 is 0 Å². The predicted octanol–water partition coefficient (Wildman–Crippen LogP) is 4.64. The van der Waals surface area contributed by atoms with E-state index in [9.17, 15) is 0 Å².